The van der Waals surface area contributed by atoms with Gasteiger partial charge in [0.2, 0.25) is 0 Å². The van der Waals surface area contributed by atoms with Gasteiger partial charge in [-0.2, -0.15) is 0 Å². The predicted molar refractivity (Wildman–Crippen MR) is 206 cm³/mol. The second-order valence-corrected chi connectivity index (χ2v) is 12.8. The topological polar surface area (TPSA) is 17.8 Å². The molecule has 2 heteroatoms. The molecule has 1 aliphatic rings. The zero-order chi connectivity index (χ0) is 33.0. The van der Waals surface area contributed by atoms with Crippen molar-refractivity contribution in [1.29, 1.82) is 0 Å². The first-order valence-corrected chi connectivity index (χ1v) is 16.9. The maximum Gasteiger partial charge on any atom is 0.146 e. The molecule has 0 saturated heterocycles. The van der Waals surface area contributed by atoms with Gasteiger partial charge in [0.15, 0.2) is 0 Å². The highest BCUT2D eigenvalue weighted by atomic mass is 15.1. The minimum atomic E-state index is -0.556. The van der Waals surface area contributed by atoms with Crippen LogP contribution in [0.15, 0.2) is 188 Å². The molecule has 8 aromatic rings. The third kappa shape index (κ3) is 4.31. The summed E-state index contributed by atoms with van der Waals surface area (Å²) in [6.07, 6.45) is 8.41. The molecule has 2 nitrogen and oxygen atoms in total. The SMILES string of the molecule is C=C(/C=C\C=C/C)C1(c2ccccc2)c2ccccc2-c2cc3c(cc21)c1ccccc1n3-c1nc2ccccc2cc1-c1ccccc1. The first-order valence-electron chi connectivity index (χ1n) is 16.9. The highest BCUT2D eigenvalue weighted by Gasteiger charge is 2.46. The highest BCUT2D eigenvalue weighted by molar-refractivity contribution is 6.12. The molecule has 232 valence electrons. The Morgan fingerprint density at radius 3 is 2.16 bits per heavy atom. The Kier molecular flexibility index (Phi) is 6.77. The standard InChI is InChI=1S/C47H34N2/c1-3-4-7-18-32(2)47(35-22-10-6-11-23-35)41-26-15-13-24-36(41)39-31-45-40(30-42(39)47)37-25-14-17-28-44(37)49(45)46-38(33-19-8-5-9-20-33)29-34-21-12-16-27-43(34)48-46/h3-31H,2H2,1H3/b4-3-,18-7-. The van der Waals surface area contributed by atoms with E-state index in [9.17, 15) is 0 Å². The van der Waals surface area contributed by atoms with E-state index in [-0.39, 0.29) is 0 Å². The minimum Gasteiger partial charge on any atom is -0.293 e. The van der Waals surface area contributed by atoms with Gasteiger partial charge in [-0.15, -0.1) is 0 Å². The Labute approximate surface area is 286 Å². The van der Waals surface area contributed by atoms with Crippen LogP contribution in [0.25, 0.3) is 60.8 Å². The number of aromatic nitrogens is 2. The van der Waals surface area contributed by atoms with Gasteiger partial charge in [-0.05, 0) is 76.2 Å². The summed E-state index contributed by atoms with van der Waals surface area (Å²) in [4.78, 5) is 5.41. The van der Waals surface area contributed by atoms with Gasteiger partial charge in [-0.3, -0.25) is 4.57 Å². The molecule has 0 N–H and O–H groups in total. The molecule has 1 unspecified atom stereocenters. The molecule has 2 aromatic heterocycles. The van der Waals surface area contributed by atoms with Crippen LogP contribution >= 0.6 is 0 Å². The van der Waals surface area contributed by atoms with E-state index in [0.717, 1.165) is 44.5 Å². The van der Waals surface area contributed by atoms with Crippen molar-refractivity contribution in [2.75, 3.05) is 0 Å². The third-order valence-corrected chi connectivity index (χ3v) is 10.1. The zero-order valence-corrected chi connectivity index (χ0v) is 27.3. The Balaban J connectivity index is 1.42. The van der Waals surface area contributed by atoms with Gasteiger partial charge in [0.05, 0.1) is 22.0 Å². The average molecular weight is 627 g/mol. The number of benzene rings is 6. The van der Waals surface area contributed by atoms with Gasteiger partial charge < -0.3 is 0 Å². The lowest BCUT2D eigenvalue weighted by atomic mass is 9.67. The molecule has 0 aliphatic heterocycles. The summed E-state index contributed by atoms with van der Waals surface area (Å²) in [5, 5.41) is 3.52. The summed E-state index contributed by atoms with van der Waals surface area (Å²) >= 11 is 0. The number of allylic oxidation sites excluding steroid dienone is 5. The lowest BCUT2D eigenvalue weighted by molar-refractivity contribution is 0.771. The largest absolute Gasteiger partial charge is 0.293 e. The number of pyridine rings is 1. The maximum atomic E-state index is 5.41. The van der Waals surface area contributed by atoms with E-state index in [1.54, 1.807) is 0 Å². The number of hydrogen-bond acceptors (Lipinski definition) is 1. The van der Waals surface area contributed by atoms with Crippen molar-refractivity contribution in [3.05, 3.63) is 205 Å². The van der Waals surface area contributed by atoms with Crippen molar-refractivity contribution in [2.24, 2.45) is 0 Å². The summed E-state index contributed by atoms with van der Waals surface area (Å²) in [6.45, 7) is 6.83. The molecule has 6 aromatic carbocycles. The number of fused-ring (bicyclic) bond motifs is 7. The summed E-state index contributed by atoms with van der Waals surface area (Å²) in [5.74, 6) is 0.926. The van der Waals surface area contributed by atoms with Crippen LogP contribution in [-0.4, -0.2) is 9.55 Å². The van der Waals surface area contributed by atoms with E-state index >= 15 is 0 Å². The Morgan fingerprint density at radius 1 is 0.612 bits per heavy atom. The highest BCUT2D eigenvalue weighted by Crippen LogP contribution is 2.57. The van der Waals surface area contributed by atoms with Crippen LogP contribution in [0.4, 0.5) is 0 Å². The van der Waals surface area contributed by atoms with Crippen LogP contribution in [0, 0.1) is 0 Å². The Bertz CT molecular complexity index is 2620. The van der Waals surface area contributed by atoms with E-state index in [2.05, 4.69) is 181 Å². The molecule has 2 heterocycles. The second-order valence-electron chi connectivity index (χ2n) is 12.8. The molecule has 0 radical (unpaired) electrons. The van der Waals surface area contributed by atoms with Gasteiger partial charge >= 0.3 is 0 Å². The van der Waals surface area contributed by atoms with E-state index in [1.807, 2.05) is 6.92 Å². The summed E-state index contributed by atoms with van der Waals surface area (Å²) in [5.41, 5.74) is 12.1. The quantitative estimate of drug-likeness (QED) is 0.168. The molecule has 1 atom stereocenters. The predicted octanol–water partition coefficient (Wildman–Crippen LogP) is 12.0. The average Bonchev–Trinajstić information content (AvgIpc) is 3.64. The first kappa shape index (κ1) is 28.9. The van der Waals surface area contributed by atoms with Crippen molar-refractivity contribution < 1.29 is 0 Å². The second kappa shape index (κ2) is 11.5. The summed E-state index contributed by atoms with van der Waals surface area (Å²) < 4.78 is 2.38. The number of para-hydroxylation sites is 2. The van der Waals surface area contributed by atoms with Crippen LogP contribution in [0.5, 0.6) is 0 Å². The van der Waals surface area contributed by atoms with Crippen molar-refractivity contribution in [3.8, 4) is 28.1 Å². The molecule has 0 fully saturated rings. The smallest absolute Gasteiger partial charge is 0.146 e. The van der Waals surface area contributed by atoms with Gasteiger partial charge in [-0.25, -0.2) is 4.98 Å². The molecule has 0 saturated carbocycles. The van der Waals surface area contributed by atoms with Crippen LogP contribution < -0.4 is 0 Å². The monoisotopic (exact) mass is 626 g/mol. The normalized spacial score (nSPS) is 15.4. The molecule has 0 bridgehead atoms. The lowest BCUT2D eigenvalue weighted by Crippen LogP contribution is -2.28. The van der Waals surface area contributed by atoms with Gasteiger partial charge in [0, 0.05) is 21.7 Å². The lowest BCUT2D eigenvalue weighted by Gasteiger charge is -2.34. The maximum absolute atomic E-state index is 5.41. The van der Waals surface area contributed by atoms with Crippen molar-refractivity contribution in [2.45, 2.75) is 12.3 Å². The van der Waals surface area contributed by atoms with Crippen molar-refractivity contribution >= 4 is 32.7 Å². The molecule has 9 rings (SSSR count). The number of nitrogens with zero attached hydrogens (tertiary/aromatic N) is 2. The Morgan fingerprint density at radius 2 is 1.33 bits per heavy atom. The van der Waals surface area contributed by atoms with Crippen molar-refractivity contribution in [3.63, 3.8) is 0 Å². The van der Waals surface area contributed by atoms with Crippen LogP contribution in [0.2, 0.25) is 0 Å². The van der Waals surface area contributed by atoms with E-state index < -0.39 is 5.41 Å². The third-order valence-electron chi connectivity index (χ3n) is 10.1. The Hall–Kier alpha value is -6.25. The van der Waals surface area contributed by atoms with Crippen LogP contribution in [0.1, 0.15) is 23.6 Å². The van der Waals surface area contributed by atoms with Crippen LogP contribution in [-0.2, 0) is 5.41 Å². The fraction of sp³-hybridized carbons (Fsp3) is 0.0426. The van der Waals surface area contributed by atoms with E-state index in [0.29, 0.717) is 0 Å². The van der Waals surface area contributed by atoms with Gasteiger partial charge in [0.25, 0.3) is 0 Å². The summed E-state index contributed by atoms with van der Waals surface area (Å²) in [6, 6.07) is 54.7. The molecular formula is C47H34N2. The molecule has 1 aliphatic carbocycles. The summed E-state index contributed by atoms with van der Waals surface area (Å²) in [7, 11) is 0. The molecule has 0 spiro atoms. The number of rotatable bonds is 6. The van der Waals surface area contributed by atoms with E-state index in [4.69, 9.17) is 11.6 Å². The number of hydrogen-bond donors (Lipinski definition) is 0. The zero-order valence-electron chi connectivity index (χ0n) is 27.3. The van der Waals surface area contributed by atoms with Gasteiger partial charge in [0.1, 0.15) is 5.82 Å². The molecule has 49 heavy (non-hydrogen) atoms. The fourth-order valence-electron chi connectivity index (χ4n) is 8.01. The van der Waals surface area contributed by atoms with Gasteiger partial charge in [-0.1, -0.05) is 152 Å². The first-order chi connectivity index (χ1) is 24.2. The van der Waals surface area contributed by atoms with Crippen LogP contribution in [0.3, 0.4) is 0 Å². The fourth-order valence-corrected chi connectivity index (χ4v) is 8.01. The minimum absolute atomic E-state index is 0.556. The van der Waals surface area contributed by atoms with Crippen molar-refractivity contribution in [1.82, 2.24) is 9.55 Å². The van der Waals surface area contributed by atoms with E-state index in [1.165, 1.54) is 38.6 Å². The molecule has 0 amide bonds. The molecular weight excluding hydrogens is 593 g/mol.